The second-order valence-corrected chi connectivity index (χ2v) is 4.16. The van der Waals surface area contributed by atoms with Gasteiger partial charge in [0, 0.05) is 6.42 Å². The number of ketones is 1. The fourth-order valence-corrected chi connectivity index (χ4v) is 1.97. The first-order valence-electron chi connectivity index (χ1n) is 5.50. The van der Waals surface area contributed by atoms with E-state index in [4.69, 9.17) is 21.1 Å². The first-order chi connectivity index (χ1) is 8.24. The Morgan fingerprint density at radius 3 is 2.94 bits per heavy atom. The zero-order chi connectivity index (χ0) is 12.3. The summed E-state index contributed by atoms with van der Waals surface area (Å²) in [5, 5.41) is 3.21. The lowest BCUT2D eigenvalue weighted by Crippen LogP contribution is -2.19. The van der Waals surface area contributed by atoms with Crippen LogP contribution >= 0.6 is 11.6 Å². The predicted octanol–water partition coefficient (Wildman–Crippen LogP) is 1.90. The largest absolute Gasteiger partial charge is 0.490 e. The fraction of sp³-hybridized carbons (Fsp3) is 0.417. The van der Waals surface area contributed by atoms with E-state index in [1.807, 2.05) is 0 Å². The summed E-state index contributed by atoms with van der Waals surface area (Å²) < 4.78 is 11.1. The summed E-state index contributed by atoms with van der Waals surface area (Å²) in [5.74, 6) is 0.960. The van der Waals surface area contributed by atoms with Gasteiger partial charge < -0.3 is 14.8 Å². The number of ether oxygens (including phenoxy) is 2. The quantitative estimate of drug-likeness (QED) is 0.838. The van der Waals surface area contributed by atoms with Crippen molar-refractivity contribution < 1.29 is 14.3 Å². The Labute approximate surface area is 105 Å². The van der Waals surface area contributed by atoms with Crippen molar-refractivity contribution >= 4 is 17.4 Å². The third kappa shape index (κ3) is 2.53. The molecule has 0 bridgehead atoms. The molecule has 0 saturated heterocycles. The Hall–Kier alpha value is -1.26. The first-order valence-corrected chi connectivity index (χ1v) is 5.87. The number of benzene rings is 1. The summed E-state index contributed by atoms with van der Waals surface area (Å²) >= 11 is 6.06. The van der Waals surface area contributed by atoms with Gasteiger partial charge in [-0.25, -0.2) is 0 Å². The van der Waals surface area contributed by atoms with Crippen LogP contribution in [0.5, 0.6) is 11.5 Å². The first kappa shape index (κ1) is 12.2. The Bertz CT molecular complexity index is 434. The monoisotopic (exact) mass is 255 g/mol. The van der Waals surface area contributed by atoms with Gasteiger partial charge in [-0.1, -0.05) is 11.6 Å². The SMILES string of the molecule is CNCC(=O)c1c(Cl)ccc2c1OCCCO2. The molecular formula is C12H14ClNO3. The Morgan fingerprint density at radius 1 is 1.41 bits per heavy atom. The number of hydrogen-bond donors (Lipinski definition) is 1. The van der Waals surface area contributed by atoms with Crippen molar-refractivity contribution in [3.05, 3.63) is 22.7 Å². The average molecular weight is 256 g/mol. The van der Waals surface area contributed by atoms with Gasteiger partial charge >= 0.3 is 0 Å². The highest BCUT2D eigenvalue weighted by Gasteiger charge is 2.22. The second-order valence-electron chi connectivity index (χ2n) is 3.75. The molecule has 17 heavy (non-hydrogen) atoms. The zero-order valence-electron chi connectivity index (χ0n) is 9.59. The molecule has 0 saturated carbocycles. The molecule has 92 valence electrons. The van der Waals surface area contributed by atoms with Gasteiger partial charge in [0.2, 0.25) is 0 Å². The van der Waals surface area contributed by atoms with Crippen LogP contribution in [0.1, 0.15) is 16.8 Å². The second kappa shape index (κ2) is 5.38. The minimum atomic E-state index is -0.0974. The normalized spacial score (nSPS) is 14.2. The van der Waals surface area contributed by atoms with Crippen LogP contribution < -0.4 is 14.8 Å². The van der Waals surface area contributed by atoms with Crippen molar-refractivity contribution in [2.24, 2.45) is 0 Å². The lowest BCUT2D eigenvalue weighted by atomic mass is 10.1. The van der Waals surface area contributed by atoms with E-state index in [1.54, 1.807) is 19.2 Å². The van der Waals surface area contributed by atoms with Crippen LogP contribution in [0.2, 0.25) is 5.02 Å². The summed E-state index contributed by atoms with van der Waals surface area (Å²) in [5.41, 5.74) is 0.403. The lowest BCUT2D eigenvalue weighted by Gasteiger charge is -2.13. The molecule has 0 aliphatic carbocycles. The third-order valence-electron chi connectivity index (χ3n) is 2.48. The van der Waals surface area contributed by atoms with Gasteiger partial charge in [0.1, 0.15) is 0 Å². The van der Waals surface area contributed by atoms with E-state index < -0.39 is 0 Å². The van der Waals surface area contributed by atoms with Crippen molar-refractivity contribution in [3.8, 4) is 11.5 Å². The van der Waals surface area contributed by atoms with E-state index in [9.17, 15) is 4.79 Å². The summed E-state index contributed by atoms with van der Waals surface area (Å²) in [6.07, 6.45) is 0.798. The number of likely N-dealkylation sites (N-methyl/N-ethyl adjacent to an activating group) is 1. The zero-order valence-corrected chi connectivity index (χ0v) is 10.3. The highest BCUT2D eigenvalue weighted by Crippen LogP contribution is 2.37. The van der Waals surface area contributed by atoms with E-state index in [-0.39, 0.29) is 12.3 Å². The summed E-state index contributed by atoms with van der Waals surface area (Å²) in [6, 6.07) is 3.40. The van der Waals surface area contributed by atoms with Crippen LogP contribution in [0.3, 0.4) is 0 Å². The number of nitrogens with one attached hydrogen (secondary N) is 1. The van der Waals surface area contributed by atoms with Crippen LogP contribution in [0, 0.1) is 0 Å². The number of carbonyl (C=O) groups excluding carboxylic acids is 1. The molecule has 1 heterocycles. The van der Waals surface area contributed by atoms with Crippen molar-refractivity contribution in [2.45, 2.75) is 6.42 Å². The molecule has 0 radical (unpaired) electrons. The summed E-state index contributed by atoms with van der Waals surface area (Å²) in [7, 11) is 1.71. The predicted molar refractivity (Wildman–Crippen MR) is 65.3 cm³/mol. The average Bonchev–Trinajstić information content (AvgIpc) is 2.54. The molecule has 1 aliphatic rings. The van der Waals surface area contributed by atoms with Gasteiger partial charge in [-0.05, 0) is 19.2 Å². The van der Waals surface area contributed by atoms with Crippen molar-refractivity contribution in [1.29, 1.82) is 0 Å². The van der Waals surface area contributed by atoms with Gasteiger partial charge in [0.25, 0.3) is 0 Å². The molecule has 0 fully saturated rings. The molecule has 0 atom stereocenters. The van der Waals surface area contributed by atoms with Crippen LogP contribution in [0.25, 0.3) is 0 Å². The molecule has 0 spiro atoms. The Balaban J connectivity index is 2.45. The van der Waals surface area contributed by atoms with Crippen LogP contribution in [-0.2, 0) is 0 Å². The van der Waals surface area contributed by atoms with Crippen LogP contribution in [0.4, 0.5) is 0 Å². The van der Waals surface area contributed by atoms with Gasteiger partial charge in [0.15, 0.2) is 17.3 Å². The van der Waals surface area contributed by atoms with Gasteiger partial charge in [-0.2, -0.15) is 0 Å². The number of halogens is 1. The number of hydrogen-bond acceptors (Lipinski definition) is 4. The van der Waals surface area contributed by atoms with E-state index in [0.717, 1.165) is 6.42 Å². The summed E-state index contributed by atoms with van der Waals surface area (Å²) in [4.78, 5) is 12.0. The van der Waals surface area contributed by atoms with E-state index in [2.05, 4.69) is 5.32 Å². The standard InChI is InChI=1S/C12H14ClNO3/c1-14-7-9(15)11-8(13)3-4-10-12(11)17-6-2-5-16-10/h3-4,14H,2,5-7H2,1H3. The van der Waals surface area contributed by atoms with Crippen molar-refractivity contribution in [3.63, 3.8) is 0 Å². The summed E-state index contributed by atoms with van der Waals surface area (Å²) in [6.45, 7) is 1.35. The van der Waals surface area contributed by atoms with E-state index in [1.165, 1.54) is 0 Å². The molecule has 2 rings (SSSR count). The fourth-order valence-electron chi connectivity index (χ4n) is 1.72. The molecule has 0 unspecified atom stereocenters. The third-order valence-corrected chi connectivity index (χ3v) is 2.79. The molecule has 1 N–H and O–H groups in total. The number of carbonyl (C=O) groups is 1. The highest BCUT2D eigenvalue weighted by atomic mass is 35.5. The van der Waals surface area contributed by atoms with Crippen molar-refractivity contribution in [2.75, 3.05) is 26.8 Å². The molecule has 5 heteroatoms. The maximum Gasteiger partial charge on any atom is 0.181 e. The topological polar surface area (TPSA) is 47.6 Å². The molecular weight excluding hydrogens is 242 g/mol. The van der Waals surface area contributed by atoms with E-state index >= 15 is 0 Å². The smallest absolute Gasteiger partial charge is 0.181 e. The Kier molecular flexibility index (Phi) is 3.86. The number of fused-ring (bicyclic) bond motifs is 1. The lowest BCUT2D eigenvalue weighted by molar-refractivity contribution is 0.0989. The maximum absolute atomic E-state index is 12.0. The maximum atomic E-state index is 12.0. The minimum Gasteiger partial charge on any atom is -0.490 e. The van der Waals surface area contributed by atoms with E-state index in [0.29, 0.717) is 35.3 Å². The van der Waals surface area contributed by atoms with Gasteiger partial charge in [-0.15, -0.1) is 0 Å². The van der Waals surface area contributed by atoms with Gasteiger partial charge in [0.05, 0.1) is 30.3 Å². The molecule has 4 nitrogen and oxygen atoms in total. The molecule has 0 aromatic heterocycles. The Morgan fingerprint density at radius 2 is 2.18 bits per heavy atom. The highest BCUT2D eigenvalue weighted by molar-refractivity contribution is 6.34. The van der Waals surface area contributed by atoms with Crippen LogP contribution in [-0.4, -0.2) is 32.6 Å². The number of rotatable bonds is 3. The van der Waals surface area contributed by atoms with Gasteiger partial charge in [-0.3, -0.25) is 4.79 Å². The van der Waals surface area contributed by atoms with Crippen LogP contribution in [0.15, 0.2) is 12.1 Å². The molecule has 0 amide bonds. The molecule has 1 aromatic carbocycles. The number of Topliss-reactive ketones (excluding diaryl/α,β-unsaturated/α-hetero) is 1. The minimum absolute atomic E-state index is 0.0974. The molecule has 1 aromatic rings. The van der Waals surface area contributed by atoms with Crippen molar-refractivity contribution in [1.82, 2.24) is 5.32 Å². The molecule has 1 aliphatic heterocycles.